The molecular formula is C10H19N3O2S. The molecule has 1 heterocycles. The summed E-state index contributed by atoms with van der Waals surface area (Å²) in [6.45, 7) is 5.06. The minimum atomic E-state index is -3.31. The van der Waals surface area contributed by atoms with Gasteiger partial charge in [0.15, 0.2) is 0 Å². The molecule has 0 atom stereocenters. The van der Waals surface area contributed by atoms with Crippen molar-refractivity contribution < 1.29 is 8.42 Å². The lowest BCUT2D eigenvalue weighted by Crippen LogP contribution is -2.37. The second-order valence-electron chi connectivity index (χ2n) is 3.95. The average molecular weight is 245 g/mol. The predicted molar refractivity (Wildman–Crippen MR) is 64.5 cm³/mol. The van der Waals surface area contributed by atoms with E-state index in [9.17, 15) is 8.42 Å². The molecule has 0 radical (unpaired) electrons. The number of rotatable bonds is 5. The zero-order chi connectivity index (χ0) is 12.3. The molecule has 6 heteroatoms. The van der Waals surface area contributed by atoms with Crippen LogP contribution in [0.3, 0.4) is 0 Å². The zero-order valence-electron chi connectivity index (χ0n) is 10.2. The monoisotopic (exact) mass is 245 g/mol. The summed E-state index contributed by atoms with van der Waals surface area (Å²) in [6.07, 6.45) is 0. The molecule has 1 aromatic heterocycles. The van der Waals surface area contributed by atoms with Crippen LogP contribution in [0.2, 0.25) is 0 Å². The van der Waals surface area contributed by atoms with E-state index in [0.29, 0.717) is 13.1 Å². The maximum absolute atomic E-state index is 11.4. The van der Waals surface area contributed by atoms with Gasteiger partial charge in [-0.25, -0.2) is 4.72 Å². The normalized spacial score (nSPS) is 12.3. The van der Waals surface area contributed by atoms with Crippen LogP contribution in [0.5, 0.6) is 0 Å². The van der Waals surface area contributed by atoms with Gasteiger partial charge in [-0.3, -0.25) is 0 Å². The fourth-order valence-corrected chi connectivity index (χ4v) is 2.07. The molecule has 92 valence electrons. The van der Waals surface area contributed by atoms with E-state index in [0.717, 1.165) is 11.4 Å². The lowest BCUT2D eigenvalue weighted by atomic mass is 10.5. The summed E-state index contributed by atoms with van der Waals surface area (Å²) < 4.78 is 28.6. The maximum Gasteiger partial charge on any atom is 0.278 e. The number of aryl methyl sites for hydroxylation is 2. The highest BCUT2D eigenvalue weighted by atomic mass is 32.2. The van der Waals surface area contributed by atoms with Crippen molar-refractivity contribution in [3.05, 3.63) is 23.5 Å². The Morgan fingerprint density at radius 2 is 1.75 bits per heavy atom. The minimum Gasteiger partial charge on any atom is -0.348 e. The number of nitrogens with zero attached hydrogens (tertiary/aromatic N) is 2. The molecule has 0 bridgehead atoms. The molecular weight excluding hydrogens is 226 g/mol. The number of aromatic nitrogens is 1. The van der Waals surface area contributed by atoms with E-state index < -0.39 is 10.2 Å². The van der Waals surface area contributed by atoms with E-state index in [-0.39, 0.29) is 0 Å². The standard InChI is InChI=1S/C10H19N3O2S/c1-9-5-6-10(2)13(9)8-7-11-16(14,15)12(3)4/h5-6,11H,7-8H2,1-4H3. The van der Waals surface area contributed by atoms with Crippen LogP contribution in [0.1, 0.15) is 11.4 Å². The Balaban J connectivity index is 2.55. The minimum absolute atomic E-state index is 0.400. The highest BCUT2D eigenvalue weighted by Crippen LogP contribution is 2.06. The molecule has 0 saturated carbocycles. The van der Waals surface area contributed by atoms with Crippen molar-refractivity contribution >= 4 is 10.2 Å². The first kappa shape index (κ1) is 13.2. The van der Waals surface area contributed by atoms with Gasteiger partial charge in [-0.2, -0.15) is 12.7 Å². The maximum atomic E-state index is 11.4. The molecule has 1 N–H and O–H groups in total. The Morgan fingerprint density at radius 3 is 2.19 bits per heavy atom. The highest BCUT2D eigenvalue weighted by molar-refractivity contribution is 7.87. The first-order valence-electron chi connectivity index (χ1n) is 5.14. The van der Waals surface area contributed by atoms with Crippen LogP contribution in [0.15, 0.2) is 12.1 Å². The Labute approximate surface area is 97.2 Å². The smallest absolute Gasteiger partial charge is 0.278 e. The second kappa shape index (κ2) is 4.99. The molecule has 0 aliphatic carbocycles. The van der Waals surface area contributed by atoms with Crippen LogP contribution in [-0.2, 0) is 16.8 Å². The van der Waals surface area contributed by atoms with E-state index in [1.165, 1.54) is 18.4 Å². The van der Waals surface area contributed by atoms with Crippen molar-refractivity contribution in [2.24, 2.45) is 0 Å². The number of nitrogens with one attached hydrogen (secondary N) is 1. The number of hydrogen-bond acceptors (Lipinski definition) is 2. The molecule has 0 unspecified atom stereocenters. The predicted octanol–water partition coefficient (Wildman–Crippen LogP) is 0.501. The summed E-state index contributed by atoms with van der Waals surface area (Å²) >= 11 is 0. The Hall–Kier alpha value is -0.850. The molecule has 0 spiro atoms. The van der Waals surface area contributed by atoms with Crippen LogP contribution >= 0.6 is 0 Å². The fourth-order valence-electron chi connectivity index (χ4n) is 1.47. The summed E-state index contributed by atoms with van der Waals surface area (Å²) in [6, 6.07) is 4.05. The highest BCUT2D eigenvalue weighted by Gasteiger charge is 2.11. The van der Waals surface area contributed by atoms with Gasteiger partial charge in [0.1, 0.15) is 0 Å². The largest absolute Gasteiger partial charge is 0.348 e. The van der Waals surface area contributed by atoms with E-state index in [2.05, 4.69) is 9.29 Å². The molecule has 0 aromatic carbocycles. The average Bonchev–Trinajstić information content (AvgIpc) is 2.48. The van der Waals surface area contributed by atoms with Crippen LogP contribution in [0.4, 0.5) is 0 Å². The molecule has 1 aromatic rings. The van der Waals surface area contributed by atoms with Gasteiger partial charge in [-0.05, 0) is 26.0 Å². The van der Waals surface area contributed by atoms with Crippen molar-refractivity contribution in [3.8, 4) is 0 Å². The quantitative estimate of drug-likeness (QED) is 0.821. The van der Waals surface area contributed by atoms with Crippen LogP contribution in [0.25, 0.3) is 0 Å². The van der Waals surface area contributed by atoms with Crippen LogP contribution in [0, 0.1) is 13.8 Å². The molecule has 0 aliphatic heterocycles. The summed E-state index contributed by atoms with van der Waals surface area (Å²) in [4.78, 5) is 0. The van der Waals surface area contributed by atoms with Crippen LogP contribution in [-0.4, -0.2) is 37.9 Å². The third-order valence-corrected chi connectivity index (χ3v) is 4.05. The Morgan fingerprint density at radius 1 is 1.25 bits per heavy atom. The molecule has 0 saturated heterocycles. The van der Waals surface area contributed by atoms with Gasteiger partial charge in [-0.1, -0.05) is 0 Å². The summed E-state index contributed by atoms with van der Waals surface area (Å²) in [5, 5.41) is 0. The van der Waals surface area contributed by atoms with Gasteiger partial charge < -0.3 is 4.57 Å². The van der Waals surface area contributed by atoms with Gasteiger partial charge >= 0.3 is 0 Å². The Bertz CT molecular complexity index is 429. The lowest BCUT2D eigenvalue weighted by molar-refractivity contribution is 0.500. The van der Waals surface area contributed by atoms with Gasteiger partial charge in [-0.15, -0.1) is 0 Å². The van der Waals surface area contributed by atoms with Crippen molar-refractivity contribution in [3.63, 3.8) is 0 Å². The zero-order valence-corrected chi connectivity index (χ0v) is 11.0. The van der Waals surface area contributed by atoms with Gasteiger partial charge in [0.2, 0.25) is 0 Å². The van der Waals surface area contributed by atoms with Crippen LogP contribution < -0.4 is 4.72 Å². The van der Waals surface area contributed by atoms with Crippen molar-refractivity contribution in [1.82, 2.24) is 13.6 Å². The molecule has 0 fully saturated rings. The van der Waals surface area contributed by atoms with E-state index in [4.69, 9.17) is 0 Å². The first-order chi connectivity index (χ1) is 7.34. The van der Waals surface area contributed by atoms with E-state index >= 15 is 0 Å². The third-order valence-electron chi connectivity index (χ3n) is 2.52. The van der Waals surface area contributed by atoms with Gasteiger partial charge in [0, 0.05) is 38.6 Å². The van der Waals surface area contributed by atoms with Gasteiger partial charge in [0.05, 0.1) is 0 Å². The Kier molecular flexibility index (Phi) is 4.12. The van der Waals surface area contributed by atoms with E-state index in [1.807, 2.05) is 26.0 Å². The van der Waals surface area contributed by atoms with Crippen molar-refractivity contribution in [2.75, 3.05) is 20.6 Å². The van der Waals surface area contributed by atoms with Gasteiger partial charge in [0.25, 0.3) is 10.2 Å². The molecule has 0 aliphatic rings. The summed E-state index contributed by atoms with van der Waals surface area (Å²) in [5.41, 5.74) is 2.28. The van der Waals surface area contributed by atoms with Crippen molar-refractivity contribution in [1.29, 1.82) is 0 Å². The summed E-state index contributed by atoms with van der Waals surface area (Å²) in [5.74, 6) is 0. The SMILES string of the molecule is Cc1ccc(C)n1CCNS(=O)(=O)N(C)C. The first-order valence-corrected chi connectivity index (χ1v) is 6.58. The molecule has 0 amide bonds. The third kappa shape index (κ3) is 3.07. The molecule has 5 nitrogen and oxygen atoms in total. The summed E-state index contributed by atoms with van der Waals surface area (Å²) in [7, 11) is -0.290. The molecule has 16 heavy (non-hydrogen) atoms. The lowest BCUT2D eigenvalue weighted by Gasteiger charge is -2.14. The molecule has 1 rings (SSSR count). The van der Waals surface area contributed by atoms with E-state index in [1.54, 1.807) is 0 Å². The van der Waals surface area contributed by atoms with Crippen molar-refractivity contribution in [2.45, 2.75) is 20.4 Å². The number of hydrogen-bond donors (Lipinski definition) is 1. The second-order valence-corrected chi connectivity index (χ2v) is 5.92. The topological polar surface area (TPSA) is 54.3 Å². The fraction of sp³-hybridized carbons (Fsp3) is 0.600.